The van der Waals surface area contributed by atoms with Gasteiger partial charge < -0.3 is 49.3 Å². The van der Waals surface area contributed by atoms with Crippen molar-refractivity contribution < 1.29 is 38.6 Å². The summed E-state index contributed by atoms with van der Waals surface area (Å²) in [5, 5.41) is 24.4. The Kier molecular flexibility index (Phi) is 11.8. The molecule has 3 atom stereocenters. The van der Waals surface area contributed by atoms with Gasteiger partial charge in [0.05, 0.1) is 0 Å². The third kappa shape index (κ3) is 6.45. The molecule has 1 aromatic carbocycles. The highest BCUT2D eigenvalue weighted by molar-refractivity contribution is 5.68. The third-order valence-corrected chi connectivity index (χ3v) is 6.81. The Morgan fingerprint density at radius 2 is 1.37 bits per heavy atom. The van der Waals surface area contributed by atoms with Gasteiger partial charge in [-0.05, 0) is 92.0 Å². The lowest BCUT2D eigenvalue weighted by Crippen LogP contribution is -2.69. The van der Waals surface area contributed by atoms with Gasteiger partial charge in [-0.2, -0.15) is 0 Å². The van der Waals surface area contributed by atoms with E-state index in [9.17, 15) is 10.2 Å². The number of fused-ring (bicyclic) bond motifs is 1. The van der Waals surface area contributed by atoms with Gasteiger partial charge in [0, 0.05) is 62.5 Å². The number of aryl methyl sites for hydroxylation is 1. The lowest BCUT2D eigenvalue weighted by Gasteiger charge is -2.57. The molecule has 0 amide bonds. The summed E-state index contributed by atoms with van der Waals surface area (Å²) in [4.78, 5) is 1.78. The molecule has 220 valence electrons. The molecule has 1 aliphatic rings. The average Bonchev–Trinajstić information content (AvgIpc) is 2.84. The van der Waals surface area contributed by atoms with Crippen LogP contribution in [0, 0.1) is 6.92 Å². The largest absolute Gasteiger partial charge is 0.399 e. The van der Waals surface area contributed by atoms with Crippen LogP contribution in [0.25, 0.3) is 0 Å². The van der Waals surface area contributed by atoms with Crippen LogP contribution in [0.3, 0.4) is 0 Å². The van der Waals surface area contributed by atoms with Crippen molar-refractivity contribution in [2.75, 3.05) is 50.3 Å². The second kappa shape index (κ2) is 13.7. The van der Waals surface area contributed by atoms with Crippen molar-refractivity contribution in [3.8, 4) is 0 Å². The zero-order chi connectivity index (χ0) is 28.7. The van der Waals surface area contributed by atoms with Gasteiger partial charge in [0.25, 0.3) is 0 Å². The Morgan fingerprint density at radius 1 is 0.868 bits per heavy atom. The summed E-state index contributed by atoms with van der Waals surface area (Å²) < 4.78 is 35.6. The van der Waals surface area contributed by atoms with Gasteiger partial charge in [-0.25, -0.2) is 0 Å². The van der Waals surface area contributed by atoms with Gasteiger partial charge in [0.1, 0.15) is 0 Å². The van der Waals surface area contributed by atoms with Gasteiger partial charge in [-0.1, -0.05) is 0 Å². The number of ether oxygens (including phenoxy) is 6. The second-order valence-corrected chi connectivity index (χ2v) is 9.93. The molecule has 38 heavy (non-hydrogen) atoms. The van der Waals surface area contributed by atoms with E-state index >= 15 is 0 Å². The van der Waals surface area contributed by atoms with E-state index in [1.165, 1.54) is 0 Å². The molecule has 2 rings (SSSR count). The Balaban J connectivity index is 2.87. The Hall–Kier alpha value is -1.50. The number of nitrogen functional groups attached to an aromatic ring is 1. The highest BCUT2D eigenvalue weighted by Gasteiger charge is 2.59. The van der Waals surface area contributed by atoms with Crippen LogP contribution >= 0.6 is 0 Å². The maximum atomic E-state index is 12.3. The summed E-state index contributed by atoms with van der Waals surface area (Å²) >= 11 is 0. The topological polar surface area (TPSA) is 125 Å². The first-order chi connectivity index (χ1) is 17.9. The van der Waals surface area contributed by atoms with Crippen LogP contribution in [0.15, 0.2) is 12.1 Å². The van der Waals surface area contributed by atoms with Crippen LogP contribution < -0.4 is 10.6 Å². The number of rotatable bonds is 16. The molecule has 0 saturated carbocycles. The molecule has 0 aliphatic carbocycles. The van der Waals surface area contributed by atoms with Crippen LogP contribution in [0.4, 0.5) is 11.4 Å². The first-order valence-electron chi connectivity index (χ1n) is 13.8. The fourth-order valence-electron chi connectivity index (χ4n) is 5.37. The molecule has 0 radical (unpaired) electrons. The maximum absolute atomic E-state index is 12.3. The number of anilines is 2. The molecule has 3 unspecified atom stereocenters. The molecular weight excluding hydrogens is 492 g/mol. The SMILES string of the molecule is CCOC(OCC)C(O)(OCC)C1CC(C)(C)N(C(O)(OCC)C(OCC)OCC)c2cc(C)c(N)cc21. The molecule has 0 spiro atoms. The zero-order valence-corrected chi connectivity index (χ0v) is 24.7. The maximum Gasteiger partial charge on any atom is 0.303 e. The van der Waals surface area contributed by atoms with Crippen molar-refractivity contribution in [2.24, 2.45) is 0 Å². The third-order valence-electron chi connectivity index (χ3n) is 6.81. The number of hydrogen-bond acceptors (Lipinski definition) is 10. The minimum Gasteiger partial charge on any atom is -0.399 e. The summed E-state index contributed by atoms with van der Waals surface area (Å²) in [5.74, 6) is -4.46. The minimum absolute atomic E-state index is 0.200. The second-order valence-electron chi connectivity index (χ2n) is 9.93. The van der Waals surface area contributed by atoms with Crippen molar-refractivity contribution >= 4 is 11.4 Å². The molecule has 4 N–H and O–H groups in total. The van der Waals surface area contributed by atoms with Gasteiger partial charge in [-0.15, -0.1) is 0 Å². The number of nitrogens with two attached hydrogens (primary N) is 1. The fourth-order valence-corrected chi connectivity index (χ4v) is 5.37. The van der Waals surface area contributed by atoms with E-state index in [2.05, 4.69) is 0 Å². The molecule has 1 aromatic rings. The standard InChI is InChI=1S/C28H50N2O8/c1-10-33-24(34-11-2)27(31,37-14-5)21-18-26(8,9)30(23-16-19(7)22(29)17-20(21)23)28(32,38-15-6)25(35-12-3)36-13-4/h16-17,21,24-25,31-32H,10-15,18,29H2,1-9H3. The van der Waals surface area contributed by atoms with E-state index in [-0.39, 0.29) is 13.2 Å². The molecule has 0 fully saturated rings. The smallest absolute Gasteiger partial charge is 0.303 e. The van der Waals surface area contributed by atoms with E-state index < -0.39 is 35.7 Å². The van der Waals surface area contributed by atoms with Crippen LogP contribution in [0.5, 0.6) is 0 Å². The normalized spacial score (nSPS) is 20.4. The lowest BCUT2D eigenvalue weighted by molar-refractivity contribution is -0.350. The molecule has 1 aliphatic heterocycles. The fraction of sp³-hybridized carbons (Fsp3) is 0.786. The minimum atomic E-state index is -1.99. The summed E-state index contributed by atoms with van der Waals surface area (Å²) in [6.45, 7) is 18.5. The van der Waals surface area contributed by atoms with Crippen LogP contribution in [0.1, 0.15) is 78.9 Å². The van der Waals surface area contributed by atoms with Crippen LogP contribution in [0.2, 0.25) is 0 Å². The van der Waals surface area contributed by atoms with Crippen molar-refractivity contribution in [2.45, 2.75) is 104 Å². The number of hydrogen-bond donors (Lipinski definition) is 3. The number of benzene rings is 1. The number of aliphatic hydroxyl groups is 2. The van der Waals surface area contributed by atoms with Crippen molar-refractivity contribution in [1.29, 1.82) is 0 Å². The van der Waals surface area contributed by atoms with E-state index in [0.29, 0.717) is 49.8 Å². The van der Waals surface area contributed by atoms with Gasteiger partial charge >= 0.3 is 5.91 Å². The highest BCUT2D eigenvalue weighted by Crippen LogP contribution is 2.53. The lowest BCUT2D eigenvalue weighted by atomic mass is 9.73. The van der Waals surface area contributed by atoms with Crippen molar-refractivity contribution in [3.05, 3.63) is 23.3 Å². The monoisotopic (exact) mass is 542 g/mol. The average molecular weight is 543 g/mol. The number of nitrogens with zero attached hydrogens (tertiary/aromatic N) is 1. The van der Waals surface area contributed by atoms with Gasteiger partial charge in [0.15, 0.2) is 0 Å². The Labute approximate surface area is 228 Å². The van der Waals surface area contributed by atoms with Crippen LogP contribution in [-0.2, 0) is 28.4 Å². The van der Waals surface area contributed by atoms with Gasteiger partial charge in [-0.3, -0.25) is 0 Å². The summed E-state index contributed by atoms with van der Waals surface area (Å²) in [6, 6.07) is 3.71. The highest BCUT2D eigenvalue weighted by atomic mass is 16.8. The van der Waals surface area contributed by atoms with E-state index in [4.69, 9.17) is 34.2 Å². The quantitative estimate of drug-likeness (QED) is 0.209. The van der Waals surface area contributed by atoms with Crippen molar-refractivity contribution in [3.63, 3.8) is 0 Å². The molecule has 0 saturated heterocycles. The first kappa shape index (κ1) is 32.7. The summed E-state index contributed by atoms with van der Waals surface area (Å²) in [5.41, 5.74) is 8.23. The molecular formula is C28H50N2O8. The predicted molar refractivity (Wildman–Crippen MR) is 147 cm³/mol. The van der Waals surface area contributed by atoms with E-state index in [1.54, 1.807) is 11.8 Å². The molecule has 0 bridgehead atoms. The van der Waals surface area contributed by atoms with E-state index in [0.717, 1.165) is 5.56 Å². The van der Waals surface area contributed by atoms with Gasteiger partial charge in [0.2, 0.25) is 18.4 Å². The zero-order valence-electron chi connectivity index (χ0n) is 24.7. The van der Waals surface area contributed by atoms with Crippen LogP contribution in [-0.4, -0.2) is 79.7 Å². The molecule has 10 nitrogen and oxygen atoms in total. The molecule has 0 aromatic heterocycles. The molecule has 1 heterocycles. The van der Waals surface area contributed by atoms with Crippen molar-refractivity contribution in [1.82, 2.24) is 0 Å². The Bertz CT molecular complexity index is 873. The van der Waals surface area contributed by atoms with E-state index in [1.807, 2.05) is 67.5 Å². The first-order valence-corrected chi connectivity index (χ1v) is 13.8. The molecule has 10 heteroatoms. The summed E-state index contributed by atoms with van der Waals surface area (Å²) in [6.07, 6.45) is -1.83. The Morgan fingerprint density at radius 3 is 1.84 bits per heavy atom. The predicted octanol–water partition coefficient (Wildman–Crippen LogP) is 3.86. The summed E-state index contributed by atoms with van der Waals surface area (Å²) in [7, 11) is 0.